The van der Waals surface area contributed by atoms with Crippen molar-refractivity contribution in [1.82, 2.24) is 0 Å². The van der Waals surface area contributed by atoms with Crippen LogP contribution in [0, 0.1) is 23.3 Å². The largest absolute Gasteiger partial charge is 0.206 e. The maximum Gasteiger partial charge on any atom is 0.194 e. The summed E-state index contributed by atoms with van der Waals surface area (Å²) in [5.74, 6) is -4.12. The van der Waals surface area contributed by atoms with Gasteiger partial charge in [-0.3, -0.25) is 0 Å². The first-order chi connectivity index (χ1) is 12.0. The molecule has 0 aromatic heterocycles. The average molecular weight is 348 g/mol. The molecule has 0 spiro atoms. The highest BCUT2D eigenvalue weighted by Gasteiger charge is 2.22. The Morgan fingerprint density at radius 3 is 2.44 bits per heavy atom. The van der Waals surface area contributed by atoms with Gasteiger partial charge in [-0.25, -0.2) is 17.6 Å². The Labute approximate surface area is 145 Å². The van der Waals surface area contributed by atoms with Gasteiger partial charge in [0.2, 0.25) is 0 Å². The summed E-state index contributed by atoms with van der Waals surface area (Å²) in [5.41, 5.74) is 2.59. The molecule has 0 unspecified atom stereocenters. The predicted molar refractivity (Wildman–Crippen MR) is 91.3 cm³/mol. The monoisotopic (exact) mass is 348 g/mol. The molecule has 0 saturated carbocycles. The van der Waals surface area contributed by atoms with Gasteiger partial charge in [0.25, 0.3) is 0 Å². The summed E-state index contributed by atoms with van der Waals surface area (Å²) in [4.78, 5) is 0. The Morgan fingerprint density at radius 2 is 1.72 bits per heavy atom. The van der Waals surface area contributed by atoms with E-state index in [9.17, 15) is 17.6 Å². The molecule has 0 heterocycles. The van der Waals surface area contributed by atoms with Gasteiger partial charge in [0.1, 0.15) is 5.82 Å². The first-order valence-corrected chi connectivity index (χ1v) is 8.64. The number of rotatable bonds is 5. The lowest BCUT2D eigenvalue weighted by Crippen LogP contribution is -2.09. The molecular weight excluding hydrogens is 328 g/mol. The molecule has 0 nitrogen and oxygen atoms in total. The molecule has 3 rings (SSSR count). The van der Waals surface area contributed by atoms with E-state index in [1.807, 2.05) is 6.07 Å². The van der Waals surface area contributed by atoms with Crippen molar-refractivity contribution in [2.45, 2.75) is 45.4 Å². The molecule has 1 aliphatic carbocycles. The molecule has 0 aliphatic heterocycles. The van der Waals surface area contributed by atoms with Crippen molar-refractivity contribution < 1.29 is 17.6 Å². The van der Waals surface area contributed by atoms with Crippen LogP contribution in [-0.4, -0.2) is 0 Å². The van der Waals surface area contributed by atoms with Crippen LogP contribution in [0.2, 0.25) is 0 Å². The summed E-state index contributed by atoms with van der Waals surface area (Å²) in [5, 5.41) is 0. The van der Waals surface area contributed by atoms with Crippen LogP contribution in [0.5, 0.6) is 0 Å². The van der Waals surface area contributed by atoms with E-state index in [2.05, 4.69) is 6.92 Å². The van der Waals surface area contributed by atoms with E-state index in [0.29, 0.717) is 16.7 Å². The number of allylic oxidation sites excluding steroid dienone is 2. The second kappa shape index (κ2) is 7.42. The van der Waals surface area contributed by atoms with Crippen molar-refractivity contribution in [2.75, 3.05) is 0 Å². The van der Waals surface area contributed by atoms with E-state index in [0.717, 1.165) is 37.3 Å². The molecule has 0 atom stereocenters. The second-order valence-corrected chi connectivity index (χ2v) is 6.51. The van der Waals surface area contributed by atoms with Gasteiger partial charge in [0, 0.05) is 5.56 Å². The van der Waals surface area contributed by atoms with E-state index in [4.69, 9.17) is 0 Å². The van der Waals surface area contributed by atoms with E-state index in [1.54, 1.807) is 12.1 Å². The van der Waals surface area contributed by atoms with Gasteiger partial charge in [-0.05, 0) is 60.1 Å². The van der Waals surface area contributed by atoms with Gasteiger partial charge in [-0.2, -0.15) is 0 Å². The number of aryl methyl sites for hydroxylation is 1. The summed E-state index contributed by atoms with van der Waals surface area (Å²) in [6.45, 7) is 2.12. The van der Waals surface area contributed by atoms with Gasteiger partial charge >= 0.3 is 0 Å². The number of unbranched alkanes of at least 4 members (excludes halogenated alkanes) is 2. The predicted octanol–water partition coefficient (Wildman–Crippen LogP) is 6.16. The minimum Gasteiger partial charge on any atom is -0.206 e. The lowest BCUT2D eigenvalue weighted by atomic mass is 9.87. The molecule has 0 radical (unpaired) electrons. The molecule has 2 aromatic rings. The molecule has 4 heteroatoms. The fraction of sp³-hybridized carbons (Fsp3) is 0.333. The van der Waals surface area contributed by atoms with Crippen LogP contribution in [0.3, 0.4) is 0 Å². The highest BCUT2D eigenvalue weighted by atomic mass is 19.2. The SMILES string of the molecule is CCCCCc1ccc(C2=CCc3c(cc(F)c(F)c3F)C2)c(F)c1. The summed E-state index contributed by atoms with van der Waals surface area (Å²) in [6.07, 6.45) is 6.09. The van der Waals surface area contributed by atoms with Crippen molar-refractivity contribution in [1.29, 1.82) is 0 Å². The number of fused-ring (bicyclic) bond motifs is 1. The maximum atomic E-state index is 14.5. The lowest BCUT2D eigenvalue weighted by Gasteiger charge is -2.19. The van der Waals surface area contributed by atoms with Crippen LogP contribution >= 0.6 is 0 Å². The Morgan fingerprint density at radius 1 is 0.920 bits per heavy atom. The van der Waals surface area contributed by atoms with E-state index >= 15 is 0 Å². The lowest BCUT2D eigenvalue weighted by molar-refractivity contribution is 0.440. The zero-order chi connectivity index (χ0) is 18.0. The molecule has 132 valence electrons. The summed E-state index contributed by atoms with van der Waals surface area (Å²) in [6, 6.07) is 6.17. The molecule has 1 aliphatic rings. The minimum absolute atomic E-state index is 0.130. The molecular formula is C21H20F4. The third-order valence-corrected chi connectivity index (χ3v) is 4.74. The van der Waals surface area contributed by atoms with E-state index in [-0.39, 0.29) is 24.2 Å². The Bertz CT molecular complexity index is 821. The molecule has 0 saturated heterocycles. The molecule has 0 bridgehead atoms. The first-order valence-electron chi connectivity index (χ1n) is 8.64. The standard InChI is InChI=1S/C21H20F4/c1-2-3-4-5-13-6-8-16(18(22)10-13)14-7-9-17-15(11-14)12-19(23)21(25)20(17)24/h6-8,10,12H,2-5,9,11H2,1H3. The van der Waals surface area contributed by atoms with Crippen molar-refractivity contribution in [2.24, 2.45) is 0 Å². The smallest absolute Gasteiger partial charge is 0.194 e. The fourth-order valence-electron chi connectivity index (χ4n) is 3.32. The van der Waals surface area contributed by atoms with Gasteiger partial charge in [-0.1, -0.05) is 38.0 Å². The van der Waals surface area contributed by atoms with E-state index in [1.165, 1.54) is 6.07 Å². The average Bonchev–Trinajstić information content (AvgIpc) is 2.60. The maximum absolute atomic E-state index is 14.5. The number of hydrogen-bond acceptors (Lipinski definition) is 0. The highest BCUT2D eigenvalue weighted by Crippen LogP contribution is 2.32. The summed E-state index contributed by atoms with van der Waals surface area (Å²) >= 11 is 0. The Kier molecular flexibility index (Phi) is 5.26. The van der Waals surface area contributed by atoms with Crippen molar-refractivity contribution in [3.05, 3.63) is 75.9 Å². The molecule has 0 fully saturated rings. The number of benzene rings is 2. The summed E-state index contributed by atoms with van der Waals surface area (Å²) in [7, 11) is 0. The topological polar surface area (TPSA) is 0 Å². The molecule has 0 N–H and O–H groups in total. The molecule has 2 aromatic carbocycles. The Hall–Kier alpha value is -2.10. The number of hydrogen-bond donors (Lipinski definition) is 0. The second-order valence-electron chi connectivity index (χ2n) is 6.51. The third kappa shape index (κ3) is 3.63. The minimum atomic E-state index is -1.45. The van der Waals surface area contributed by atoms with Gasteiger partial charge in [0.15, 0.2) is 17.5 Å². The molecule has 25 heavy (non-hydrogen) atoms. The Balaban J connectivity index is 1.84. The van der Waals surface area contributed by atoms with Crippen LogP contribution in [0.15, 0.2) is 30.3 Å². The first kappa shape index (κ1) is 17.7. The molecule has 0 amide bonds. The fourth-order valence-corrected chi connectivity index (χ4v) is 3.32. The van der Waals surface area contributed by atoms with Crippen molar-refractivity contribution in [3.63, 3.8) is 0 Å². The van der Waals surface area contributed by atoms with Gasteiger partial charge in [0.05, 0.1) is 0 Å². The van der Waals surface area contributed by atoms with Crippen molar-refractivity contribution >= 4 is 5.57 Å². The summed E-state index contributed by atoms with van der Waals surface area (Å²) < 4.78 is 55.1. The number of halogens is 4. The third-order valence-electron chi connectivity index (χ3n) is 4.74. The quantitative estimate of drug-likeness (QED) is 0.345. The normalized spacial score (nSPS) is 13.6. The van der Waals surface area contributed by atoms with Crippen LogP contribution < -0.4 is 0 Å². The zero-order valence-corrected chi connectivity index (χ0v) is 14.1. The van der Waals surface area contributed by atoms with Crippen LogP contribution in [0.1, 0.15) is 48.4 Å². The van der Waals surface area contributed by atoms with E-state index < -0.39 is 17.5 Å². The van der Waals surface area contributed by atoms with Gasteiger partial charge < -0.3 is 0 Å². The highest BCUT2D eigenvalue weighted by molar-refractivity contribution is 5.71. The van der Waals surface area contributed by atoms with Gasteiger partial charge in [-0.15, -0.1) is 0 Å². The van der Waals surface area contributed by atoms with Crippen LogP contribution in [0.4, 0.5) is 17.6 Å². The van der Waals surface area contributed by atoms with Crippen LogP contribution in [0.25, 0.3) is 5.57 Å². The van der Waals surface area contributed by atoms with Crippen LogP contribution in [-0.2, 0) is 19.3 Å². The van der Waals surface area contributed by atoms with Crippen molar-refractivity contribution in [3.8, 4) is 0 Å². The zero-order valence-electron chi connectivity index (χ0n) is 14.1.